The molecule has 5 heteroatoms. The largest absolute Gasteiger partial charge is 0.369 e. The van der Waals surface area contributed by atoms with Crippen molar-refractivity contribution in [3.8, 4) is 0 Å². The van der Waals surface area contributed by atoms with E-state index in [-0.39, 0.29) is 23.9 Å². The number of carbonyl (C=O) groups is 1. The summed E-state index contributed by atoms with van der Waals surface area (Å²) in [4.78, 5) is 13.7. The zero-order chi connectivity index (χ0) is 14.7. The van der Waals surface area contributed by atoms with Crippen LogP contribution in [0.25, 0.3) is 0 Å². The highest BCUT2D eigenvalue weighted by Crippen LogP contribution is 2.30. The molecule has 2 rings (SSSR count). The molecule has 110 valence electrons. The molecule has 20 heavy (non-hydrogen) atoms. The van der Waals surface area contributed by atoms with Gasteiger partial charge in [0.05, 0.1) is 5.92 Å². The van der Waals surface area contributed by atoms with Crippen molar-refractivity contribution in [2.75, 3.05) is 13.1 Å². The van der Waals surface area contributed by atoms with Crippen LogP contribution in [-0.4, -0.2) is 29.9 Å². The highest BCUT2D eigenvalue weighted by Gasteiger charge is 2.31. The minimum atomic E-state index is -0.218. The van der Waals surface area contributed by atoms with Crippen LogP contribution in [-0.2, 0) is 4.79 Å². The van der Waals surface area contributed by atoms with Crippen molar-refractivity contribution < 1.29 is 4.79 Å². The summed E-state index contributed by atoms with van der Waals surface area (Å²) in [7, 11) is 0. The Bertz CT molecular complexity index is 478. The minimum absolute atomic E-state index is 0.0416. The standard InChI is InChI=1S/C15H22ClN3O/c1-10(17)14(11-4-2-6-13(16)8-11)19-7-3-5-12(9-19)15(18)20/h2,4,6,8,10,12,14H,3,5,7,9,17H2,1H3,(H2,18,20). The van der Waals surface area contributed by atoms with Crippen LogP contribution < -0.4 is 11.5 Å². The van der Waals surface area contributed by atoms with Crippen LogP contribution in [0.3, 0.4) is 0 Å². The van der Waals surface area contributed by atoms with Gasteiger partial charge >= 0.3 is 0 Å². The fourth-order valence-corrected chi connectivity index (χ4v) is 3.23. The summed E-state index contributed by atoms with van der Waals surface area (Å²) in [6, 6.07) is 7.79. The highest BCUT2D eigenvalue weighted by molar-refractivity contribution is 6.30. The molecule has 4 nitrogen and oxygen atoms in total. The molecule has 1 aliphatic rings. The van der Waals surface area contributed by atoms with Gasteiger partial charge in [-0.15, -0.1) is 0 Å². The molecule has 1 saturated heterocycles. The average Bonchev–Trinajstić information content (AvgIpc) is 2.39. The molecule has 3 atom stereocenters. The van der Waals surface area contributed by atoms with E-state index in [4.69, 9.17) is 23.1 Å². The predicted octanol–water partition coefficient (Wildman–Crippen LogP) is 1.93. The Morgan fingerprint density at radius 2 is 2.25 bits per heavy atom. The number of halogens is 1. The summed E-state index contributed by atoms with van der Waals surface area (Å²) in [6.07, 6.45) is 1.84. The second-order valence-electron chi connectivity index (χ2n) is 5.60. The first kappa shape index (κ1) is 15.3. The number of nitrogens with two attached hydrogens (primary N) is 2. The molecule has 0 saturated carbocycles. The van der Waals surface area contributed by atoms with Crippen LogP contribution >= 0.6 is 11.6 Å². The Morgan fingerprint density at radius 3 is 2.85 bits per heavy atom. The molecule has 4 N–H and O–H groups in total. The summed E-state index contributed by atoms with van der Waals surface area (Å²) in [5.74, 6) is -0.298. The van der Waals surface area contributed by atoms with E-state index in [0.29, 0.717) is 11.6 Å². The molecule has 0 radical (unpaired) electrons. The molecule has 1 fully saturated rings. The third-order valence-corrected chi connectivity index (χ3v) is 4.17. The Labute approximate surface area is 125 Å². The van der Waals surface area contributed by atoms with E-state index in [2.05, 4.69) is 4.90 Å². The molecule has 1 aromatic carbocycles. The molecule has 1 heterocycles. The second kappa shape index (κ2) is 6.57. The van der Waals surface area contributed by atoms with Crippen LogP contribution in [0, 0.1) is 5.92 Å². The Hall–Kier alpha value is -1.10. The SMILES string of the molecule is CC(N)C(c1cccc(Cl)c1)N1CCCC(C(N)=O)C1. The fraction of sp³-hybridized carbons (Fsp3) is 0.533. The summed E-state index contributed by atoms with van der Waals surface area (Å²) in [5.41, 5.74) is 12.7. The van der Waals surface area contributed by atoms with Crippen LogP contribution in [0.5, 0.6) is 0 Å². The molecule has 0 aromatic heterocycles. The predicted molar refractivity (Wildman–Crippen MR) is 81.3 cm³/mol. The van der Waals surface area contributed by atoms with Crippen molar-refractivity contribution in [3.63, 3.8) is 0 Å². The van der Waals surface area contributed by atoms with Crippen molar-refractivity contribution in [1.29, 1.82) is 0 Å². The van der Waals surface area contributed by atoms with Gasteiger partial charge < -0.3 is 11.5 Å². The number of benzene rings is 1. The van der Waals surface area contributed by atoms with Crippen molar-refractivity contribution in [2.45, 2.75) is 31.8 Å². The molecule has 1 aliphatic heterocycles. The quantitative estimate of drug-likeness (QED) is 0.891. The first-order valence-corrected chi connectivity index (χ1v) is 7.41. The van der Waals surface area contributed by atoms with Crippen LogP contribution in [0.2, 0.25) is 5.02 Å². The van der Waals surface area contributed by atoms with Gasteiger partial charge in [-0.3, -0.25) is 9.69 Å². The van der Waals surface area contributed by atoms with Gasteiger partial charge in [-0.25, -0.2) is 0 Å². The number of amides is 1. The first-order valence-electron chi connectivity index (χ1n) is 7.03. The fourth-order valence-electron chi connectivity index (χ4n) is 3.03. The third kappa shape index (κ3) is 3.51. The maximum absolute atomic E-state index is 11.4. The molecule has 1 amide bonds. The highest BCUT2D eigenvalue weighted by atomic mass is 35.5. The van der Waals surface area contributed by atoms with Gasteiger partial charge in [-0.05, 0) is 44.0 Å². The number of piperidine rings is 1. The van der Waals surface area contributed by atoms with E-state index in [1.54, 1.807) is 0 Å². The molecular weight excluding hydrogens is 274 g/mol. The summed E-state index contributed by atoms with van der Waals surface area (Å²) < 4.78 is 0. The smallest absolute Gasteiger partial charge is 0.221 e. The molecule has 3 unspecified atom stereocenters. The summed E-state index contributed by atoms with van der Waals surface area (Å²) >= 11 is 6.08. The number of likely N-dealkylation sites (tertiary alicyclic amines) is 1. The Balaban J connectivity index is 2.22. The lowest BCUT2D eigenvalue weighted by Crippen LogP contribution is -2.47. The van der Waals surface area contributed by atoms with Crippen molar-refractivity contribution in [3.05, 3.63) is 34.9 Å². The second-order valence-corrected chi connectivity index (χ2v) is 6.03. The van der Waals surface area contributed by atoms with E-state index in [9.17, 15) is 4.79 Å². The molecular formula is C15H22ClN3O. The van der Waals surface area contributed by atoms with E-state index < -0.39 is 0 Å². The zero-order valence-corrected chi connectivity index (χ0v) is 12.5. The van der Waals surface area contributed by atoms with Crippen molar-refractivity contribution in [2.24, 2.45) is 17.4 Å². The van der Waals surface area contributed by atoms with Gasteiger partial charge in [0.25, 0.3) is 0 Å². The van der Waals surface area contributed by atoms with E-state index in [1.165, 1.54) is 0 Å². The lowest BCUT2D eigenvalue weighted by atomic mass is 9.92. The monoisotopic (exact) mass is 295 g/mol. The number of primary amides is 1. The first-order chi connectivity index (χ1) is 9.49. The lowest BCUT2D eigenvalue weighted by Gasteiger charge is -2.39. The van der Waals surface area contributed by atoms with Crippen LogP contribution in [0.4, 0.5) is 0 Å². The molecule has 0 aliphatic carbocycles. The number of carbonyl (C=O) groups excluding carboxylic acids is 1. The molecule has 0 spiro atoms. The van der Waals surface area contributed by atoms with Gasteiger partial charge in [-0.1, -0.05) is 23.7 Å². The number of hydrogen-bond donors (Lipinski definition) is 2. The molecule has 1 aromatic rings. The van der Waals surface area contributed by atoms with Crippen LogP contribution in [0.15, 0.2) is 24.3 Å². The van der Waals surface area contributed by atoms with E-state index >= 15 is 0 Å². The molecule has 0 bridgehead atoms. The third-order valence-electron chi connectivity index (χ3n) is 3.94. The minimum Gasteiger partial charge on any atom is -0.369 e. The van der Waals surface area contributed by atoms with Gasteiger partial charge in [0.2, 0.25) is 5.91 Å². The van der Waals surface area contributed by atoms with Gasteiger partial charge in [0.1, 0.15) is 0 Å². The number of hydrogen-bond acceptors (Lipinski definition) is 3. The number of nitrogens with zero attached hydrogens (tertiary/aromatic N) is 1. The van der Waals surface area contributed by atoms with Crippen molar-refractivity contribution >= 4 is 17.5 Å². The van der Waals surface area contributed by atoms with Crippen molar-refractivity contribution in [1.82, 2.24) is 4.90 Å². The van der Waals surface area contributed by atoms with Gasteiger partial charge in [0, 0.05) is 23.7 Å². The van der Waals surface area contributed by atoms with Crippen LogP contribution in [0.1, 0.15) is 31.4 Å². The average molecular weight is 296 g/mol. The summed E-state index contributed by atoms with van der Waals surface area (Å²) in [5, 5.41) is 0.705. The lowest BCUT2D eigenvalue weighted by molar-refractivity contribution is -0.123. The van der Waals surface area contributed by atoms with E-state index in [1.807, 2.05) is 31.2 Å². The van der Waals surface area contributed by atoms with Gasteiger partial charge in [0.15, 0.2) is 0 Å². The number of rotatable bonds is 4. The topological polar surface area (TPSA) is 72.3 Å². The normalized spacial score (nSPS) is 23.2. The zero-order valence-electron chi connectivity index (χ0n) is 11.8. The Morgan fingerprint density at radius 1 is 1.50 bits per heavy atom. The maximum Gasteiger partial charge on any atom is 0.221 e. The maximum atomic E-state index is 11.4. The Kier molecular flexibility index (Phi) is 5.02. The van der Waals surface area contributed by atoms with E-state index in [0.717, 1.165) is 24.9 Å². The summed E-state index contributed by atoms with van der Waals surface area (Å²) in [6.45, 7) is 3.59. The van der Waals surface area contributed by atoms with Gasteiger partial charge in [-0.2, -0.15) is 0 Å².